The molecule has 2 aromatic carbocycles. The zero-order valence-electron chi connectivity index (χ0n) is 14.2. The quantitative estimate of drug-likeness (QED) is 0.769. The summed E-state index contributed by atoms with van der Waals surface area (Å²) < 4.78 is 10.7. The molecule has 0 saturated carbocycles. The first-order valence-corrected chi connectivity index (χ1v) is 7.95. The molecule has 0 aromatic heterocycles. The van der Waals surface area contributed by atoms with E-state index in [1.54, 1.807) is 25.1 Å². The molecule has 0 heterocycles. The summed E-state index contributed by atoms with van der Waals surface area (Å²) in [6.07, 6.45) is 0.828. The lowest BCUT2D eigenvalue weighted by Gasteiger charge is -2.12. The van der Waals surface area contributed by atoms with Crippen molar-refractivity contribution in [3.05, 3.63) is 53.6 Å². The fourth-order valence-corrected chi connectivity index (χ4v) is 2.28. The third-order valence-corrected chi connectivity index (χ3v) is 3.55. The van der Waals surface area contributed by atoms with Gasteiger partial charge in [-0.05, 0) is 48.7 Å². The van der Waals surface area contributed by atoms with Crippen LogP contribution in [0.15, 0.2) is 42.5 Å². The summed E-state index contributed by atoms with van der Waals surface area (Å²) in [6, 6.07) is 12.6. The number of rotatable bonds is 8. The number of carbonyl (C=O) groups is 2. The maximum atomic E-state index is 12.1. The molecule has 0 atom stereocenters. The minimum atomic E-state index is -1.04. The molecule has 2 N–H and O–H groups in total. The van der Waals surface area contributed by atoms with E-state index >= 15 is 0 Å². The Bertz CT molecular complexity index is 757. The fraction of sp³-hybridized carbons (Fsp3) is 0.263. The van der Waals surface area contributed by atoms with Gasteiger partial charge in [-0.25, -0.2) is 4.79 Å². The van der Waals surface area contributed by atoms with Gasteiger partial charge in [-0.15, -0.1) is 0 Å². The van der Waals surface area contributed by atoms with Gasteiger partial charge >= 0.3 is 5.97 Å². The SMILES string of the molecule is CCc1ccccc1OCC(=O)Nc1ccc(OCC(=O)O)cc1C. The van der Waals surface area contributed by atoms with Crippen LogP contribution in [0.25, 0.3) is 0 Å². The van der Waals surface area contributed by atoms with Gasteiger partial charge in [0.05, 0.1) is 0 Å². The minimum Gasteiger partial charge on any atom is -0.483 e. The standard InChI is InChI=1S/C19H21NO5/c1-3-14-6-4-5-7-17(14)25-11-18(21)20-16-9-8-15(10-13(16)2)24-12-19(22)23/h4-10H,3,11-12H2,1-2H3,(H,20,21)(H,22,23). The van der Waals surface area contributed by atoms with Gasteiger partial charge in [-0.1, -0.05) is 25.1 Å². The molecule has 6 heteroatoms. The number of anilines is 1. The number of ether oxygens (including phenoxy) is 2. The predicted molar refractivity (Wildman–Crippen MR) is 94.3 cm³/mol. The number of para-hydroxylation sites is 1. The summed E-state index contributed by atoms with van der Waals surface area (Å²) in [4.78, 5) is 22.6. The van der Waals surface area contributed by atoms with E-state index in [0.29, 0.717) is 17.2 Å². The van der Waals surface area contributed by atoms with Crippen molar-refractivity contribution in [1.82, 2.24) is 0 Å². The Morgan fingerprint density at radius 2 is 1.84 bits per heavy atom. The minimum absolute atomic E-state index is 0.0896. The Labute approximate surface area is 146 Å². The van der Waals surface area contributed by atoms with Crippen LogP contribution in [0.2, 0.25) is 0 Å². The van der Waals surface area contributed by atoms with Crippen molar-refractivity contribution in [1.29, 1.82) is 0 Å². The highest BCUT2D eigenvalue weighted by molar-refractivity contribution is 5.92. The molecule has 0 aliphatic carbocycles. The smallest absolute Gasteiger partial charge is 0.341 e. The molecule has 25 heavy (non-hydrogen) atoms. The zero-order valence-corrected chi connectivity index (χ0v) is 14.2. The van der Waals surface area contributed by atoms with Gasteiger partial charge in [0, 0.05) is 5.69 Å². The first kappa shape index (κ1) is 18.3. The van der Waals surface area contributed by atoms with Crippen LogP contribution in [0.4, 0.5) is 5.69 Å². The molecular weight excluding hydrogens is 322 g/mol. The molecule has 0 aliphatic heterocycles. The maximum Gasteiger partial charge on any atom is 0.341 e. The Kier molecular flexibility index (Phi) is 6.39. The van der Waals surface area contributed by atoms with Gasteiger partial charge in [0.1, 0.15) is 11.5 Å². The predicted octanol–water partition coefficient (Wildman–Crippen LogP) is 3.04. The van der Waals surface area contributed by atoms with Crippen LogP contribution in [0.5, 0.6) is 11.5 Å². The molecule has 0 aliphatic rings. The van der Waals surface area contributed by atoms with Gasteiger partial charge in [0.2, 0.25) is 0 Å². The molecule has 0 spiro atoms. The number of amides is 1. The van der Waals surface area contributed by atoms with E-state index in [4.69, 9.17) is 14.6 Å². The topological polar surface area (TPSA) is 84.9 Å². The van der Waals surface area contributed by atoms with E-state index in [2.05, 4.69) is 5.32 Å². The van der Waals surface area contributed by atoms with Crippen molar-refractivity contribution in [3.63, 3.8) is 0 Å². The lowest BCUT2D eigenvalue weighted by molar-refractivity contribution is -0.139. The molecule has 0 bridgehead atoms. The molecule has 0 unspecified atom stereocenters. The molecule has 0 radical (unpaired) electrons. The van der Waals surface area contributed by atoms with Crippen molar-refractivity contribution < 1.29 is 24.2 Å². The Morgan fingerprint density at radius 1 is 1.08 bits per heavy atom. The zero-order chi connectivity index (χ0) is 18.2. The monoisotopic (exact) mass is 343 g/mol. The number of aliphatic carboxylic acids is 1. The number of carbonyl (C=O) groups excluding carboxylic acids is 1. The lowest BCUT2D eigenvalue weighted by Crippen LogP contribution is -2.21. The van der Waals surface area contributed by atoms with Crippen LogP contribution >= 0.6 is 0 Å². The number of hydrogen-bond donors (Lipinski definition) is 2. The molecule has 0 saturated heterocycles. The van der Waals surface area contributed by atoms with Gasteiger partial charge in [-0.3, -0.25) is 4.79 Å². The first-order chi connectivity index (χ1) is 12.0. The second-order valence-corrected chi connectivity index (χ2v) is 5.46. The molecule has 6 nitrogen and oxygen atoms in total. The van der Waals surface area contributed by atoms with Crippen LogP contribution in [0, 0.1) is 6.92 Å². The van der Waals surface area contributed by atoms with Crippen molar-refractivity contribution in [2.45, 2.75) is 20.3 Å². The second-order valence-electron chi connectivity index (χ2n) is 5.46. The number of benzene rings is 2. The van der Waals surface area contributed by atoms with E-state index < -0.39 is 12.6 Å². The summed E-state index contributed by atoms with van der Waals surface area (Å²) in [7, 11) is 0. The first-order valence-electron chi connectivity index (χ1n) is 7.95. The van der Waals surface area contributed by atoms with E-state index in [1.807, 2.05) is 31.2 Å². The Balaban J connectivity index is 1.92. The van der Waals surface area contributed by atoms with Gasteiger partial charge in [0.15, 0.2) is 13.2 Å². The van der Waals surface area contributed by atoms with Crippen LogP contribution in [-0.4, -0.2) is 30.2 Å². The fourth-order valence-electron chi connectivity index (χ4n) is 2.28. The largest absolute Gasteiger partial charge is 0.483 e. The molecule has 132 valence electrons. The maximum absolute atomic E-state index is 12.1. The Morgan fingerprint density at radius 3 is 2.52 bits per heavy atom. The normalized spacial score (nSPS) is 10.2. The second kappa shape index (κ2) is 8.73. The average molecular weight is 343 g/mol. The number of carboxylic acid groups (broad SMARTS) is 1. The Hall–Kier alpha value is -3.02. The molecular formula is C19H21NO5. The average Bonchev–Trinajstić information content (AvgIpc) is 2.60. The molecule has 0 fully saturated rings. The number of nitrogens with one attached hydrogen (secondary N) is 1. The van der Waals surface area contributed by atoms with E-state index in [-0.39, 0.29) is 12.5 Å². The number of carboxylic acids is 1. The van der Waals surface area contributed by atoms with Gasteiger partial charge in [-0.2, -0.15) is 0 Å². The number of aryl methyl sites for hydroxylation is 2. The third-order valence-electron chi connectivity index (χ3n) is 3.55. The summed E-state index contributed by atoms with van der Waals surface area (Å²) >= 11 is 0. The van der Waals surface area contributed by atoms with Crippen molar-refractivity contribution in [2.24, 2.45) is 0 Å². The van der Waals surface area contributed by atoms with Crippen molar-refractivity contribution in [2.75, 3.05) is 18.5 Å². The summed E-state index contributed by atoms with van der Waals surface area (Å²) in [5.74, 6) is -0.173. The number of hydrogen-bond acceptors (Lipinski definition) is 4. The van der Waals surface area contributed by atoms with Crippen LogP contribution < -0.4 is 14.8 Å². The highest BCUT2D eigenvalue weighted by atomic mass is 16.5. The summed E-state index contributed by atoms with van der Waals surface area (Å²) in [6.45, 7) is 3.33. The van der Waals surface area contributed by atoms with E-state index in [1.165, 1.54) is 0 Å². The van der Waals surface area contributed by atoms with Crippen LogP contribution in [0.3, 0.4) is 0 Å². The van der Waals surface area contributed by atoms with Crippen LogP contribution in [0.1, 0.15) is 18.1 Å². The molecule has 2 aromatic rings. The van der Waals surface area contributed by atoms with Gasteiger partial charge in [0.25, 0.3) is 5.91 Å². The van der Waals surface area contributed by atoms with E-state index in [0.717, 1.165) is 17.5 Å². The third kappa shape index (κ3) is 5.53. The highest BCUT2D eigenvalue weighted by Crippen LogP contribution is 2.22. The van der Waals surface area contributed by atoms with Gasteiger partial charge < -0.3 is 19.9 Å². The van der Waals surface area contributed by atoms with Crippen LogP contribution in [-0.2, 0) is 16.0 Å². The molecule has 2 rings (SSSR count). The van der Waals surface area contributed by atoms with Crippen molar-refractivity contribution in [3.8, 4) is 11.5 Å². The highest BCUT2D eigenvalue weighted by Gasteiger charge is 2.09. The lowest BCUT2D eigenvalue weighted by atomic mass is 10.1. The van der Waals surface area contributed by atoms with Crippen molar-refractivity contribution >= 4 is 17.6 Å². The van der Waals surface area contributed by atoms with E-state index in [9.17, 15) is 9.59 Å². The summed E-state index contributed by atoms with van der Waals surface area (Å²) in [5, 5.41) is 11.4. The molecule has 1 amide bonds. The summed E-state index contributed by atoms with van der Waals surface area (Å²) in [5.41, 5.74) is 2.44.